The minimum absolute atomic E-state index is 1.01. The SMILES string of the molecule is C=C=CCCc1cccc2ccccc12. The van der Waals surface area contributed by atoms with Crippen molar-refractivity contribution in [3.05, 3.63) is 66.4 Å². The number of fused-ring (bicyclic) bond motifs is 1. The summed E-state index contributed by atoms with van der Waals surface area (Å²) in [6, 6.07) is 15.0. The number of hydrogen-bond donors (Lipinski definition) is 0. The summed E-state index contributed by atoms with van der Waals surface area (Å²) in [5, 5.41) is 2.68. The quantitative estimate of drug-likeness (QED) is 0.645. The highest BCUT2D eigenvalue weighted by Crippen LogP contribution is 2.19. The molecular weight excluding hydrogens is 180 g/mol. The van der Waals surface area contributed by atoms with Gasteiger partial charge < -0.3 is 0 Å². The lowest BCUT2D eigenvalue weighted by Crippen LogP contribution is -1.85. The molecule has 0 unspecified atom stereocenters. The molecule has 0 fully saturated rings. The summed E-state index contributed by atoms with van der Waals surface area (Å²) in [4.78, 5) is 0. The van der Waals surface area contributed by atoms with Gasteiger partial charge in [-0.25, -0.2) is 0 Å². The van der Waals surface area contributed by atoms with Gasteiger partial charge in [-0.2, -0.15) is 0 Å². The van der Waals surface area contributed by atoms with Gasteiger partial charge in [0, 0.05) is 0 Å². The van der Waals surface area contributed by atoms with Crippen LogP contribution in [-0.2, 0) is 6.42 Å². The number of aryl methyl sites for hydroxylation is 1. The molecule has 2 rings (SSSR count). The van der Waals surface area contributed by atoms with Crippen molar-refractivity contribution >= 4 is 10.8 Å². The summed E-state index contributed by atoms with van der Waals surface area (Å²) in [5.41, 5.74) is 4.21. The molecule has 15 heavy (non-hydrogen) atoms. The van der Waals surface area contributed by atoms with Crippen LogP contribution in [-0.4, -0.2) is 0 Å². The van der Waals surface area contributed by atoms with E-state index in [4.69, 9.17) is 0 Å². The van der Waals surface area contributed by atoms with Gasteiger partial charge in [0.15, 0.2) is 0 Å². The molecule has 0 aliphatic heterocycles. The van der Waals surface area contributed by atoms with Crippen LogP contribution < -0.4 is 0 Å². The van der Waals surface area contributed by atoms with Gasteiger partial charge in [-0.3, -0.25) is 0 Å². The molecule has 2 aromatic rings. The van der Waals surface area contributed by atoms with Gasteiger partial charge in [0.2, 0.25) is 0 Å². The third-order valence-electron chi connectivity index (χ3n) is 2.58. The largest absolute Gasteiger partial charge is 0.133 e. The summed E-state index contributed by atoms with van der Waals surface area (Å²) in [6.45, 7) is 3.57. The van der Waals surface area contributed by atoms with E-state index in [9.17, 15) is 0 Å². The van der Waals surface area contributed by atoms with Crippen LogP contribution in [0.25, 0.3) is 10.8 Å². The Bertz CT molecular complexity index is 497. The monoisotopic (exact) mass is 194 g/mol. The average molecular weight is 194 g/mol. The summed E-state index contributed by atoms with van der Waals surface area (Å²) in [5.74, 6) is 0. The van der Waals surface area contributed by atoms with Gasteiger partial charge in [-0.15, -0.1) is 5.73 Å². The fourth-order valence-electron chi connectivity index (χ4n) is 1.84. The molecule has 0 nitrogen and oxygen atoms in total. The highest BCUT2D eigenvalue weighted by molar-refractivity contribution is 5.85. The Morgan fingerprint density at radius 3 is 2.73 bits per heavy atom. The van der Waals surface area contributed by atoms with E-state index in [1.165, 1.54) is 16.3 Å². The summed E-state index contributed by atoms with van der Waals surface area (Å²) < 4.78 is 0. The zero-order valence-corrected chi connectivity index (χ0v) is 8.74. The lowest BCUT2D eigenvalue weighted by molar-refractivity contribution is 1.01. The van der Waals surface area contributed by atoms with Gasteiger partial charge in [0.25, 0.3) is 0 Å². The third-order valence-corrected chi connectivity index (χ3v) is 2.58. The Hall–Kier alpha value is -1.78. The minimum atomic E-state index is 1.01. The van der Waals surface area contributed by atoms with E-state index in [0.717, 1.165) is 12.8 Å². The Kier molecular flexibility index (Phi) is 3.02. The Morgan fingerprint density at radius 2 is 1.87 bits per heavy atom. The van der Waals surface area contributed by atoms with E-state index >= 15 is 0 Å². The van der Waals surface area contributed by atoms with Gasteiger partial charge in [-0.1, -0.05) is 49.0 Å². The van der Waals surface area contributed by atoms with Gasteiger partial charge >= 0.3 is 0 Å². The average Bonchev–Trinajstić information content (AvgIpc) is 2.30. The molecule has 0 spiro atoms. The zero-order chi connectivity index (χ0) is 10.5. The molecule has 0 N–H and O–H groups in total. The van der Waals surface area contributed by atoms with Crippen molar-refractivity contribution < 1.29 is 0 Å². The molecule has 0 aliphatic rings. The number of rotatable bonds is 3. The first-order valence-corrected chi connectivity index (χ1v) is 5.23. The summed E-state index contributed by atoms with van der Waals surface area (Å²) in [7, 11) is 0. The number of hydrogen-bond acceptors (Lipinski definition) is 0. The van der Waals surface area contributed by atoms with Crippen LogP contribution in [0.5, 0.6) is 0 Å². The molecule has 0 amide bonds. The van der Waals surface area contributed by atoms with Crippen LogP contribution in [0, 0.1) is 0 Å². The first-order valence-electron chi connectivity index (χ1n) is 5.23. The second-order valence-corrected chi connectivity index (χ2v) is 3.59. The highest BCUT2D eigenvalue weighted by atomic mass is 14.0. The summed E-state index contributed by atoms with van der Waals surface area (Å²) in [6.07, 6.45) is 4.06. The van der Waals surface area contributed by atoms with E-state index < -0.39 is 0 Å². The molecule has 0 heterocycles. The molecule has 0 saturated heterocycles. The Balaban J connectivity index is 2.37. The highest BCUT2D eigenvalue weighted by Gasteiger charge is 1.98. The molecule has 0 atom stereocenters. The Labute approximate surface area is 90.6 Å². The topological polar surface area (TPSA) is 0 Å². The molecule has 0 aliphatic carbocycles. The van der Waals surface area contributed by atoms with E-state index in [1.807, 2.05) is 6.08 Å². The molecule has 0 radical (unpaired) electrons. The first-order chi connectivity index (χ1) is 7.42. The smallest absolute Gasteiger partial charge is 0.0152 e. The number of benzene rings is 2. The van der Waals surface area contributed by atoms with Crippen molar-refractivity contribution in [2.45, 2.75) is 12.8 Å². The molecule has 74 valence electrons. The van der Waals surface area contributed by atoms with Crippen molar-refractivity contribution in [3.8, 4) is 0 Å². The predicted octanol–water partition coefficient (Wildman–Crippen LogP) is 4.11. The maximum Gasteiger partial charge on any atom is -0.0152 e. The molecular formula is C15H14. The van der Waals surface area contributed by atoms with Crippen molar-refractivity contribution in [3.63, 3.8) is 0 Å². The van der Waals surface area contributed by atoms with Crippen LogP contribution in [0.1, 0.15) is 12.0 Å². The normalized spacial score (nSPS) is 9.87. The maximum atomic E-state index is 3.57. The van der Waals surface area contributed by atoms with E-state index in [1.54, 1.807) is 0 Å². The van der Waals surface area contributed by atoms with Crippen molar-refractivity contribution in [1.29, 1.82) is 0 Å². The fraction of sp³-hybridized carbons (Fsp3) is 0.133. The van der Waals surface area contributed by atoms with Crippen LogP contribution in [0.2, 0.25) is 0 Å². The zero-order valence-electron chi connectivity index (χ0n) is 8.74. The predicted molar refractivity (Wildman–Crippen MR) is 66.0 cm³/mol. The van der Waals surface area contributed by atoms with E-state index in [0.29, 0.717) is 0 Å². The molecule has 0 bridgehead atoms. The number of allylic oxidation sites excluding steroid dienone is 1. The molecule has 0 heteroatoms. The maximum absolute atomic E-state index is 3.57. The van der Waals surface area contributed by atoms with Crippen molar-refractivity contribution in [2.24, 2.45) is 0 Å². The second-order valence-electron chi connectivity index (χ2n) is 3.59. The van der Waals surface area contributed by atoms with Crippen LogP contribution in [0.3, 0.4) is 0 Å². The van der Waals surface area contributed by atoms with E-state index in [-0.39, 0.29) is 0 Å². The standard InChI is InChI=1S/C15H14/c1-2-3-4-8-13-10-7-11-14-9-5-6-12-15(13)14/h3,5-7,9-12H,1,4,8H2. The van der Waals surface area contributed by atoms with Crippen LogP contribution in [0.4, 0.5) is 0 Å². The first kappa shape index (κ1) is 9.76. The third kappa shape index (κ3) is 2.18. The molecule has 0 saturated carbocycles. The van der Waals surface area contributed by atoms with Gasteiger partial charge in [-0.05, 0) is 35.3 Å². The minimum Gasteiger partial charge on any atom is -0.133 e. The second kappa shape index (κ2) is 4.63. The van der Waals surface area contributed by atoms with Gasteiger partial charge in [0.05, 0.1) is 0 Å². The lowest BCUT2D eigenvalue weighted by atomic mass is 10.0. The van der Waals surface area contributed by atoms with Crippen LogP contribution >= 0.6 is 0 Å². The fourth-order valence-corrected chi connectivity index (χ4v) is 1.84. The van der Waals surface area contributed by atoms with Crippen molar-refractivity contribution in [1.82, 2.24) is 0 Å². The molecule has 2 aromatic carbocycles. The van der Waals surface area contributed by atoms with E-state index in [2.05, 4.69) is 54.8 Å². The Morgan fingerprint density at radius 1 is 1.07 bits per heavy atom. The van der Waals surface area contributed by atoms with Crippen LogP contribution in [0.15, 0.2) is 60.9 Å². The lowest BCUT2D eigenvalue weighted by Gasteiger charge is -2.04. The van der Waals surface area contributed by atoms with Gasteiger partial charge in [0.1, 0.15) is 0 Å². The molecule has 0 aromatic heterocycles. The summed E-state index contributed by atoms with van der Waals surface area (Å²) >= 11 is 0. The van der Waals surface area contributed by atoms with Crippen molar-refractivity contribution in [2.75, 3.05) is 0 Å².